The lowest BCUT2D eigenvalue weighted by atomic mass is 9.98. The van der Waals surface area contributed by atoms with Gasteiger partial charge in [-0.25, -0.2) is 9.59 Å². The van der Waals surface area contributed by atoms with E-state index in [1.54, 1.807) is 0 Å². The molecule has 0 heterocycles. The van der Waals surface area contributed by atoms with Gasteiger partial charge in [0.2, 0.25) is 5.91 Å². The molecule has 0 fully saturated rings. The molecule has 0 spiro atoms. The lowest BCUT2D eigenvalue weighted by Gasteiger charge is -2.22. The lowest BCUT2D eigenvalue weighted by molar-refractivity contribution is -0.132. The van der Waals surface area contributed by atoms with Gasteiger partial charge in [-0.05, 0) is 35.1 Å². The zero-order chi connectivity index (χ0) is 24.0. The highest BCUT2D eigenvalue weighted by atomic mass is 16.5. The van der Waals surface area contributed by atoms with E-state index in [2.05, 4.69) is 34.9 Å². The molecule has 7 nitrogen and oxygen atoms in total. The fourth-order valence-electron chi connectivity index (χ4n) is 3.92. The molecule has 0 aromatic heterocycles. The SMILES string of the molecule is C/C(=C\CNC(=O)CC(NC(=O)OCC1c2ccccc2-c2ccccc21)C(C)C)C(=O)O. The van der Waals surface area contributed by atoms with Gasteiger partial charge in [0.1, 0.15) is 6.61 Å². The first-order chi connectivity index (χ1) is 15.8. The normalized spacial score (nSPS) is 13.8. The second-order valence-corrected chi connectivity index (χ2v) is 8.52. The van der Waals surface area contributed by atoms with E-state index in [1.165, 1.54) is 13.0 Å². The number of hydrogen-bond donors (Lipinski definition) is 3. The van der Waals surface area contributed by atoms with Crippen LogP contribution in [0.3, 0.4) is 0 Å². The Kier molecular flexibility index (Phi) is 7.87. The predicted octanol–water partition coefficient (Wildman–Crippen LogP) is 4.09. The summed E-state index contributed by atoms with van der Waals surface area (Å²) in [6.07, 6.45) is 0.941. The number of carbonyl (C=O) groups is 3. The van der Waals surface area contributed by atoms with E-state index >= 15 is 0 Å². The van der Waals surface area contributed by atoms with Crippen LogP contribution in [0.5, 0.6) is 0 Å². The van der Waals surface area contributed by atoms with Crippen LogP contribution in [0.2, 0.25) is 0 Å². The minimum Gasteiger partial charge on any atom is -0.478 e. The molecule has 0 radical (unpaired) electrons. The minimum absolute atomic E-state index is 0.00697. The summed E-state index contributed by atoms with van der Waals surface area (Å²) in [7, 11) is 0. The van der Waals surface area contributed by atoms with Gasteiger partial charge in [-0.3, -0.25) is 4.79 Å². The van der Waals surface area contributed by atoms with E-state index in [0.29, 0.717) is 0 Å². The Hall–Kier alpha value is -3.61. The molecule has 1 unspecified atom stereocenters. The molecule has 2 amide bonds. The van der Waals surface area contributed by atoms with Crippen LogP contribution >= 0.6 is 0 Å². The molecule has 1 aliphatic rings. The fraction of sp³-hybridized carbons (Fsp3) is 0.346. The van der Waals surface area contributed by atoms with Crippen LogP contribution in [0, 0.1) is 5.92 Å². The van der Waals surface area contributed by atoms with E-state index in [-0.39, 0.29) is 42.9 Å². The number of carbonyl (C=O) groups excluding carboxylic acids is 2. The van der Waals surface area contributed by atoms with Crippen molar-refractivity contribution >= 4 is 18.0 Å². The minimum atomic E-state index is -1.03. The van der Waals surface area contributed by atoms with Crippen molar-refractivity contribution in [1.29, 1.82) is 0 Å². The lowest BCUT2D eigenvalue weighted by Crippen LogP contribution is -2.42. The average molecular weight is 451 g/mol. The quantitative estimate of drug-likeness (QED) is 0.499. The summed E-state index contributed by atoms with van der Waals surface area (Å²) in [5, 5.41) is 14.3. The number of alkyl carbamates (subject to hydrolysis) is 1. The molecule has 174 valence electrons. The van der Waals surface area contributed by atoms with Crippen LogP contribution in [-0.2, 0) is 14.3 Å². The number of carboxylic acid groups (broad SMARTS) is 1. The molecular formula is C26H30N2O5. The summed E-state index contributed by atoms with van der Waals surface area (Å²) in [5.74, 6) is -1.33. The summed E-state index contributed by atoms with van der Waals surface area (Å²) in [5.41, 5.74) is 4.75. The van der Waals surface area contributed by atoms with Gasteiger partial charge in [-0.15, -0.1) is 0 Å². The molecule has 0 saturated carbocycles. The third kappa shape index (κ3) is 6.00. The number of amides is 2. The standard InChI is InChI=1S/C26H30N2O5/c1-16(2)23(14-24(29)27-13-12-17(3)25(30)31)28-26(32)33-15-22-20-10-6-4-8-18(20)19-9-5-7-11-21(19)22/h4-12,16,22-23H,13-15H2,1-3H3,(H,27,29)(H,28,32)(H,30,31)/b17-12+. The van der Waals surface area contributed by atoms with E-state index in [0.717, 1.165) is 22.3 Å². The Morgan fingerprint density at radius 2 is 1.61 bits per heavy atom. The predicted molar refractivity (Wildman–Crippen MR) is 126 cm³/mol. The summed E-state index contributed by atoms with van der Waals surface area (Å²) >= 11 is 0. The molecule has 7 heteroatoms. The smallest absolute Gasteiger partial charge is 0.407 e. The van der Waals surface area contributed by atoms with Crippen LogP contribution in [0.4, 0.5) is 4.79 Å². The van der Waals surface area contributed by atoms with Gasteiger partial charge in [0.15, 0.2) is 0 Å². The molecule has 0 saturated heterocycles. The monoisotopic (exact) mass is 450 g/mol. The Morgan fingerprint density at radius 3 is 2.15 bits per heavy atom. The molecule has 1 aliphatic carbocycles. The van der Waals surface area contributed by atoms with Crippen LogP contribution in [0.1, 0.15) is 44.2 Å². The number of nitrogens with one attached hydrogen (secondary N) is 2. The zero-order valence-electron chi connectivity index (χ0n) is 19.1. The van der Waals surface area contributed by atoms with Crippen molar-refractivity contribution in [2.24, 2.45) is 5.92 Å². The molecule has 3 N–H and O–H groups in total. The van der Waals surface area contributed by atoms with E-state index in [9.17, 15) is 14.4 Å². The van der Waals surface area contributed by atoms with Crippen molar-refractivity contribution in [3.63, 3.8) is 0 Å². The number of carboxylic acids is 1. The van der Waals surface area contributed by atoms with Gasteiger partial charge >= 0.3 is 12.1 Å². The van der Waals surface area contributed by atoms with Gasteiger partial charge in [-0.2, -0.15) is 0 Å². The molecule has 0 bridgehead atoms. The second kappa shape index (κ2) is 10.8. The molecule has 2 aromatic rings. The Balaban J connectivity index is 1.56. The van der Waals surface area contributed by atoms with Crippen LogP contribution in [0.25, 0.3) is 11.1 Å². The topological polar surface area (TPSA) is 105 Å². The van der Waals surface area contributed by atoms with Crippen molar-refractivity contribution in [3.8, 4) is 11.1 Å². The largest absolute Gasteiger partial charge is 0.478 e. The van der Waals surface area contributed by atoms with Gasteiger partial charge in [0.05, 0.1) is 0 Å². The van der Waals surface area contributed by atoms with Crippen LogP contribution in [-0.4, -0.2) is 42.3 Å². The highest BCUT2D eigenvalue weighted by molar-refractivity contribution is 5.86. The fourth-order valence-corrected chi connectivity index (χ4v) is 3.92. The van der Waals surface area contributed by atoms with Gasteiger partial charge in [-0.1, -0.05) is 68.5 Å². The Bertz CT molecular complexity index is 1010. The molecule has 33 heavy (non-hydrogen) atoms. The summed E-state index contributed by atoms with van der Waals surface area (Å²) in [6.45, 7) is 5.61. The van der Waals surface area contributed by atoms with Gasteiger partial charge < -0.3 is 20.5 Å². The first-order valence-corrected chi connectivity index (χ1v) is 11.1. The van der Waals surface area contributed by atoms with Crippen molar-refractivity contribution in [3.05, 3.63) is 71.3 Å². The number of hydrogen-bond acceptors (Lipinski definition) is 4. The van der Waals surface area contributed by atoms with E-state index in [4.69, 9.17) is 9.84 Å². The van der Waals surface area contributed by atoms with Crippen molar-refractivity contribution in [2.45, 2.75) is 39.2 Å². The molecule has 3 rings (SSSR count). The van der Waals surface area contributed by atoms with Crippen LogP contribution < -0.4 is 10.6 Å². The summed E-state index contributed by atoms with van der Waals surface area (Å²) in [4.78, 5) is 35.6. The van der Waals surface area contributed by atoms with Crippen LogP contribution in [0.15, 0.2) is 60.2 Å². The van der Waals surface area contributed by atoms with Crippen molar-refractivity contribution < 1.29 is 24.2 Å². The third-order valence-corrected chi connectivity index (χ3v) is 5.90. The van der Waals surface area contributed by atoms with E-state index < -0.39 is 18.1 Å². The number of rotatable bonds is 9. The van der Waals surface area contributed by atoms with Crippen molar-refractivity contribution in [1.82, 2.24) is 10.6 Å². The van der Waals surface area contributed by atoms with E-state index in [1.807, 2.05) is 38.1 Å². The molecule has 2 aromatic carbocycles. The first-order valence-electron chi connectivity index (χ1n) is 11.1. The first kappa shape index (κ1) is 24.0. The summed E-state index contributed by atoms with van der Waals surface area (Å²) < 4.78 is 5.58. The van der Waals surface area contributed by atoms with Gasteiger partial charge in [0.25, 0.3) is 0 Å². The number of aliphatic carboxylic acids is 1. The number of fused-ring (bicyclic) bond motifs is 3. The number of benzene rings is 2. The Labute approximate surface area is 193 Å². The zero-order valence-corrected chi connectivity index (χ0v) is 19.1. The maximum absolute atomic E-state index is 12.6. The molecule has 0 aliphatic heterocycles. The molecule has 1 atom stereocenters. The number of ether oxygens (including phenoxy) is 1. The third-order valence-electron chi connectivity index (χ3n) is 5.90. The second-order valence-electron chi connectivity index (χ2n) is 8.52. The van der Waals surface area contributed by atoms with Gasteiger partial charge in [0, 0.05) is 30.5 Å². The Morgan fingerprint density at radius 1 is 1.03 bits per heavy atom. The molecular weight excluding hydrogens is 420 g/mol. The van der Waals surface area contributed by atoms with Crippen molar-refractivity contribution in [2.75, 3.05) is 13.2 Å². The maximum Gasteiger partial charge on any atom is 0.407 e. The summed E-state index contributed by atoms with van der Waals surface area (Å²) in [6, 6.07) is 15.8. The highest BCUT2D eigenvalue weighted by Gasteiger charge is 2.29. The average Bonchev–Trinajstić information content (AvgIpc) is 3.10. The highest BCUT2D eigenvalue weighted by Crippen LogP contribution is 2.44. The maximum atomic E-state index is 12.6.